The lowest BCUT2D eigenvalue weighted by Gasteiger charge is -2.20. The summed E-state index contributed by atoms with van der Waals surface area (Å²) >= 11 is 3.41. The summed E-state index contributed by atoms with van der Waals surface area (Å²) in [5.74, 6) is 0. The molecule has 0 heterocycles. The molecule has 0 saturated heterocycles. The van der Waals surface area contributed by atoms with Gasteiger partial charge >= 0.3 is 6.09 Å². The molecule has 4 aromatic carbocycles. The van der Waals surface area contributed by atoms with Gasteiger partial charge in [-0.1, -0.05) is 113 Å². The molecule has 4 aromatic rings. The van der Waals surface area contributed by atoms with Gasteiger partial charge in [0.2, 0.25) is 0 Å². The molecule has 4 nitrogen and oxygen atoms in total. The molecule has 0 atom stereocenters. The van der Waals surface area contributed by atoms with Gasteiger partial charge in [0.05, 0.1) is 6.61 Å². The Morgan fingerprint density at radius 3 is 1.65 bits per heavy atom. The smallest absolute Gasteiger partial charge is 0.414 e. The first-order valence-electron chi connectivity index (χ1n) is 14.1. The number of halogens is 1. The van der Waals surface area contributed by atoms with Crippen molar-refractivity contribution in [3.63, 3.8) is 0 Å². The summed E-state index contributed by atoms with van der Waals surface area (Å²) in [4.78, 5) is 13.7. The second kappa shape index (κ2) is 21.3. The topological polar surface area (TPSA) is 41.6 Å². The molecule has 0 aromatic heterocycles. The van der Waals surface area contributed by atoms with Crippen molar-refractivity contribution in [2.24, 2.45) is 0 Å². The molecule has 0 spiro atoms. The van der Waals surface area contributed by atoms with Crippen LogP contribution in [0.3, 0.4) is 0 Å². The van der Waals surface area contributed by atoms with E-state index in [0.717, 1.165) is 30.4 Å². The van der Waals surface area contributed by atoms with E-state index >= 15 is 0 Å². The van der Waals surface area contributed by atoms with Gasteiger partial charge in [0.15, 0.2) is 0 Å². The number of nitrogens with one attached hydrogen (secondary N) is 1. The normalized spacial score (nSPS) is 9.78. The maximum atomic E-state index is 12.1. The van der Waals surface area contributed by atoms with Gasteiger partial charge < -0.3 is 10.1 Å². The fourth-order valence-electron chi connectivity index (χ4n) is 3.86. The van der Waals surface area contributed by atoms with Crippen LogP contribution in [0.4, 0.5) is 16.2 Å². The largest absolute Gasteiger partial charge is 0.449 e. The van der Waals surface area contributed by atoms with Gasteiger partial charge in [-0.15, -0.1) is 0 Å². The van der Waals surface area contributed by atoms with Crippen LogP contribution in [0.15, 0.2) is 121 Å². The van der Waals surface area contributed by atoms with Crippen LogP contribution in [0.2, 0.25) is 0 Å². The van der Waals surface area contributed by atoms with Gasteiger partial charge in [0.25, 0.3) is 0 Å². The molecule has 5 heteroatoms. The third-order valence-electron chi connectivity index (χ3n) is 5.88. The first-order valence-corrected chi connectivity index (χ1v) is 15.2. The molecule has 0 aliphatic carbocycles. The van der Waals surface area contributed by atoms with E-state index in [0.29, 0.717) is 13.2 Å². The molecule has 0 aliphatic rings. The lowest BCUT2D eigenvalue weighted by atomic mass is 10.1. The highest BCUT2D eigenvalue weighted by Crippen LogP contribution is 2.14. The number of rotatable bonds is 11. The van der Waals surface area contributed by atoms with Crippen LogP contribution in [0.25, 0.3) is 0 Å². The summed E-state index contributed by atoms with van der Waals surface area (Å²) in [5, 5.41) is 4.31. The van der Waals surface area contributed by atoms with Crippen LogP contribution in [0, 0.1) is 0 Å². The lowest BCUT2D eigenvalue weighted by Crippen LogP contribution is -2.31. The molecule has 40 heavy (non-hydrogen) atoms. The van der Waals surface area contributed by atoms with Gasteiger partial charge in [-0.25, -0.2) is 4.79 Å². The van der Waals surface area contributed by atoms with Crippen molar-refractivity contribution in [2.45, 2.75) is 39.5 Å². The van der Waals surface area contributed by atoms with E-state index < -0.39 is 0 Å². The first-order chi connectivity index (χ1) is 19.7. The highest BCUT2D eigenvalue weighted by molar-refractivity contribution is 9.09. The molecular formula is C35H43BrN2O2. The van der Waals surface area contributed by atoms with E-state index in [1.165, 1.54) is 29.7 Å². The summed E-state index contributed by atoms with van der Waals surface area (Å²) in [6, 6.07) is 40.6. The van der Waals surface area contributed by atoms with Crippen LogP contribution < -0.4 is 10.2 Å². The van der Waals surface area contributed by atoms with Crippen LogP contribution in [-0.4, -0.2) is 31.1 Å². The molecule has 1 N–H and O–H groups in total. The third kappa shape index (κ3) is 14.0. The quantitative estimate of drug-likeness (QED) is 0.137. The van der Waals surface area contributed by atoms with E-state index in [1.54, 1.807) is 4.90 Å². The standard InChI is InChI=1S/C18H21NO2.C9H11Br.C8H11N/c1-2-19(17-13-7-4-8-14-17)18(20)21-15-9-12-16-10-5-3-6-11-16;10-8-4-7-9-5-2-1-3-6-9;1-2-9-8-6-4-3-5-7-8/h3-8,10-11,13-14H,2,9,12,15H2,1H3;1-3,5-6H,4,7-8H2;3-7,9H,2H2,1H3. The SMILES string of the molecule is BrCCCc1ccccc1.CCN(C(=O)OCCCc1ccccc1)c1ccccc1.CCNc1ccccc1. The molecule has 0 fully saturated rings. The average Bonchev–Trinajstić information content (AvgIpc) is 3.02. The number of para-hydroxylation sites is 2. The summed E-state index contributed by atoms with van der Waals surface area (Å²) < 4.78 is 5.36. The number of amides is 1. The van der Waals surface area contributed by atoms with Crippen molar-refractivity contribution in [3.05, 3.63) is 132 Å². The van der Waals surface area contributed by atoms with Gasteiger partial charge in [0.1, 0.15) is 0 Å². The van der Waals surface area contributed by atoms with Gasteiger partial charge in [-0.2, -0.15) is 0 Å². The van der Waals surface area contributed by atoms with Crippen molar-refractivity contribution in [1.82, 2.24) is 0 Å². The maximum Gasteiger partial charge on any atom is 0.414 e. The number of hydrogen-bond acceptors (Lipinski definition) is 3. The summed E-state index contributed by atoms with van der Waals surface area (Å²) in [7, 11) is 0. The predicted molar refractivity (Wildman–Crippen MR) is 175 cm³/mol. The monoisotopic (exact) mass is 602 g/mol. The van der Waals surface area contributed by atoms with E-state index in [1.807, 2.05) is 73.7 Å². The molecule has 0 radical (unpaired) electrons. The number of aryl methyl sites for hydroxylation is 2. The maximum absolute atomic E-state index is 12.1. The van der Waals surface area contributed by atoms with E-state index in [4.69, 9.17) is 4.74 Å². The zero-order chi connectivity index (χ0) is 28.7. The number of alkyl halides is 1. The third-order valence-corrected chi connectivity index (χ3v) is 6.44. The van der Waals surface area contributed by atoms with E-state index in [2.05, 4.69) is 82.8 Å². The molecule has 1 amide bonds. The average molecular weight is 604 g/mol. The van der Waals surface area contributed by atoms with Crippen molar-refractivity contribution in [1.29, 1.82) is 0 Å². The fourth-order valence-corrected chi connectivity index (χ4v) is 4.14. The Morgan fingerprint density at radius 1 is 0.700 bits per heavy atom. The Morgan fingerprint density at radius 2 is 1.18 bits per heavy atom. The minimum absolute atomic E-state index is 0.281. The highest BCUT2D eigenvalue weighted by Gasteiger charge is 2.14. The summed E-state index contributed by atoms with van der Waals surface area (Å²) in [6.07, 6.45) is 3.89. The predicted octanol–water partition coefficient (Wildman–Crippen LogP) is 9.41. The van der Waals surface area contributed by atoms with Gasteiger partial charge in [0, 0.05) is 29.8 Å². The van der Waals surface area contributed by atoms with Crippen LogP contribution >= 0.6 is 15.9 Å². The van der Waals surface area contributed by atoms with Gasteiger partial charge in [-0.05, 0) is 74.9 Å². The molecule has 0 saturated carbocycles. The van der Waals surface area contributed by atoms with Crippen LogP contribution in [0.5, 0.6) is 0 Å². The Kier molecular flexibility index (Phi) is 17.4. The second-order valence-electron chi connectivity index (χ2n) is 8.96. The highest BCUT2D eigenvalue weighted by atomic mass is 79.9. The Bertz CT molecular complexity index is 1140. The van der Waals surface area contributed by atoms with Gasteiger partial charge in [-0.3, -0.25) is 4.90 Å². The molecule has 212 valence electrons. The summed E-state index contributed by atoms with van der Waals surface area (Å²) in [5.41, 5.74) is 4.76. The van der Waals surface area contributed by atoms with E-state index in [9.17, 15) is 4.79 Å². The number of anilines is 2. The minimum atomic E-state index is -0.281. The number of hydrogen-bond donors (Lipinski definition) is 1. The molecule has 4 rings (SSSR count). The molecule has 0 unspecified atom stereocenters. The minimum Gasteiger partial charge on any atom is -0.449 e. The molecule has 0 bridgehead atoms. The molecule has 0 aliphatic heterocycles. The number of ether oxygens (including phenoxy) is 1. The molecular weight excluding hydrogens is 560 g/mol. The zero-order valence-electron chi connectivity index (χ0n) is 23.8. The number of nitrogens with zero attached hydrogens (tertiary/aromatic N) is 1. The summed E-state index contributed by atoms with van der Waals surface area (Å²) in [6.45, 7) is 6.06. The lowest BCUT2D eigenvalue weighted by molar-refractivity contribution is 0.152. The van der Waals surface area contributed by atoms with Crippen LogP contribution in [-0.2, 0) is 17.6 Å². The van der Waals surface area contributed by atoms with Crippen molar-refractivity contribution >= 4 is 33.4 Å². The Labute approximate surface area is 249 Å². The van der Waals surface area contributed by atoms with E-state index in [-0.39, 0.29) is 6.09 Å². The van der Waals surface area contributed by atoms with Crippen molar-refractivity contribution < 1.29 is 9.53 Å². The Balaban J connectivity index is 0.000000243. The zero-order valence-corrected chi connectivity index (χ0v) is 25.4. The number of benzene rings is 4. The first kappa shape index (κ1) is 32.6. The van der Waals surface area contributed by atoms with Crippen molar-refractivity contribution in [3.8, 4) is 0 Å². The second-order valence-corrected chi connectivity index (χ2v) is 9.75. The Hall–Kier alpha value is -3.57. The number of carbonyl (C=O) groups is 1. The van der Waals surface area contributed by atoms with Crippen molar-refractivity contribution in [2.75, 3.05) is 35.2 Å². The van der Waals surface area contributed by atoms with Crippen LogP contribution in [0.1, 0.15) is 37.8 Å². The number of carbonyl (C=O) groups excluding carboxylic acids is 1. The fraction of sp³-hybridized carbons (Fsp3) is 0.286.